The van der Waals surface area contributed by atoms with E-state index >= 15 is 0 Å². The second kappa shape index (κ2) is 8.26. The summed E-state index contributed by atoms with van der Waals surface area (Å²) >= 11 is 1.64. The van der Waals surface area contributed by atoms with Crippen molar-refractivity contribution in [2.75, 3.05) is 44.2 Å². The third-order valence-electron chi connectivity index (χ3n) is 6.00. The van der Waals surface area contributed by atoms with Gasteiger partial charge in [0.1, 0.15) is 11.9 Å². The molecule has 2 atom stereocenters. The number of hydrogen-bond acceptors (Lipinski definition) is 7. The minimum absolute atomic E-state index is 0.175. The molecule has 3 aromatic rings. The van der Waals surface area contributed by atoms with Crippen LogP contribution in [0.4, 0.5) is 5.69 Å². The zero-order chi connectivity index (χ0) is 19.6. The number of thiazole rings is 1. The molecule has 152 valence electrons. The van der Waals surface area contributed by atoms with Gasteiger partial charge in [-0.3, -0.25) is 4.98 Å². The minimum Gasteiger partial charge on any atom is -0.489 e. The third kappa shape index (κ3) is 3.95. The molecule has 2 aliphatic heterocycles. The lowest BCUT2D eigenvalue weighted by Gasteiger charge is -2.29. The fraction of sp³-hybridized carbons (Fsp3) is 0.455. The van der Waals surface area contributed by atoms with Crippen molar-refractivity contribution in [2.24, 2.45) is 5.92 Å². The van der Waals surface area contributed by atoms with Gasteiger partial charge in [-0.1, -0.05) is 0 Å². The van der Waals surface area contributed by atoms with Gasteiger partial charge < -0.3 is 20.3 Å². The lowest BCUT2D eigenvalue weighted by Crippen LogP contribution is -2.43. The van der Waals surface area contributed by atoms with E-state index in [9.17, 15) is 0 Å². The van der Waals surface area contributed by atoms with Crippen LogP contribution in [0.1, 0.15) is 13.3 Å². The molecule has 0 saturated carbocycles. The zero-order valence-corrected chi connectivity index (χ0v) is 17.5. The Labute approximate surface area is 175 Å². The molecule has 29 heavy (non-hydrogen) atoms. The van der Waals surface area contributed by atoms with Crippen LogP contribution in [0, 0.1) is 5.92 Å². The van der Waals surface area contributed by atoms with Crippen molar-refractivity contribution >= 4 is 27.2 Å². The van der Waals surface area contributed by atoms with Gasteiger partial charge in [0.2, 0.25) is 0 Å². The Morgan fingerprint density at radius 1 is 1.14 bits per heavy atom. The molecule has 2 fully saturated rings. The van der Waals surface area contributed by atoms with E-state index < -0.39 is 0 Å². The number of benzene rings is 1. The van der Waals surface area contributed by atoms with E-state index in [1.54, 1.807) is 11.3 Å². The number of rotatable bonds is 5. The number of hydrogen-bond donors (Lipinski definition) is 2. The van der Waals surface area contributed by atoms with Crippen molar-refractivity contribution in [3.63, 3.8) is 0 Å². The Morgan fingerprint density at radius 3 is 2.79 bits per heavy atom. The summed E-state index contributed by atoms with van der Waals surface area (Å²) in [5.74, 6) is 1.48. The van der Waals surface area contributed by atoms with Gasteiger partial charge in [-0.05, 0) is 44.2 Å². The molecular formula is C22H27N5OS. The predicted octanol–water partition coefficient (Wildman–Crippen LogP) is 3.14. The molecule has 7 heteroatoms. The first-order valence-electron chi connectivity index (χ1n) is 10.4. The lowest BCUT2D eigenvalue weighted by atomic mass is 10.0. The van der Waals surface area contributed by atoms with Gasteiger partial charge >= 0.3 is 0 Å². The Hall–Kier alpha value is -2.22. The fourth-order valence-corrected chi connectivity index (χ4v) is 4.94. The van der Waals surface area contributed by atoms with Crippen molar-refractivity contribution < 1.29 is 4.74 Å². The number of pyridine rings is 1. The second-order valence-electron chi connectivity index (χ2n) is 7.89. The molecule has 0 amide bonds. The largest absolute Gasteiger partial charge is 0.489 e. The van der Waals surface area contributed by atoms with Gasteiger partial charge in [0.05, 0.1) is 33.3 Å². The summed E-state index contributed by atoms with van der Waals surface area (Å²) in [5, 5.41) is 6.83. The average molecular weight is 410 g/mol. The molecule has 2 saturated heterocycles. The molecule has 0 radical (unpaired) electrons. The number of nitrogens with zero attached hydrogens (tertiary/aromatic N) is 3. The second-order valence-corrected chi connectivity index (χ2v) is 8.74. The summed E-state index contributed by atoms with van der Waals surface area (Å²) < 4.78 is 7.55. The smallest absolute Gasteiger partial charge is 0.139 e. The summed E-state index contributed by atoms with van der Waals surface area (Å²) in [5.41, 5.74) is 6.07. The molecule has 0 spiro atoms. The van der Waals surface area contributed by atoms with Gasteiger partial charge in [-0.2, -0.15) is 0 Å². The number of piperazine rings is 1. The Kier molecular flexibility index (Phi) is 5.35. The highest BCUT2D eigenvalue weighted by Crippen LogP contribution is 2.36. The van der Waals surface area contributed by atoms with Crippen molar-refractivity contribution in [1.82, 2.24) is 20.6 Å². The average Bonchev–Trinajstić information content (AvgIpc) is 3.47. The standard InChI is InChI=1S/C22H27N5OS/c1-15(16-4-5-24-12-16)28-21-11-17(10-20-22(21)29-14-26-20)19-3-2-18(13-25-19)27-8-6-23-7-9-27/h2-3,10-11,13-16,23-24H,4-9,12H2,1H3/t15-,16-/m1/s1. The molecule has 2 aromatic heterocycles. The van der Waals surface area contributed by atoms with Crippen LogP contribution in [0.3, 0.4) is 0 Å². The molecule has 1 aromatic carbocycles. The molecule has 5 rings (SSSR count). The fourth-order valence-electron chi connectivity index (χ4n) is 4.21. The SMILES string of the molecule is C[C@@H](Oc1cc(-c2ccc(N3CCNCC3)cn2)cc2ncsc12)[C@@H]1CCNC1. The quantitative estimate of drug-likeness (QED) is 0.675. The predicted molar refractivity (Wildman–Crippen MR) is 119 cm³/mol. The number of fused-ring (bicyclic) bond motifs is 1. The third-order valence-corrected chi connectivity index (χ3v) is 6.86. The molecule has 0 unspecified atom stereocenters. The van der Waals surface area contributed by atoms with Crippen LogP contribution in [-0.2, 0) is 0 Å². The topological polar surface area (TPSA) is 62.3 Å². The van der Waals surface area contributed by atoms with E-state index in [-0.39, 0.29) is 6.10 Å². The summed E-state index contributed by atoms with van der Waals surface area (Å²) in [7, 11) is 0. The van der Waals surface area contributed by atoms with Crippen molar-refractivity contribution in [3.8, 4) is 17.0 Å². The summed E-state index contributed by atoms with van der Waals surface area (Å²) in [4.78, 5) is 11.7. The highest BCUT2D eigenvalue weighted by molar-refractivity contribution is 7.17. The van der Waals surface area contributed by atoms with E-state index in [0.29, 0.717) is 5.92 Å². The van der Waals surface area contributed by atoms with Gasteiger partial charge in [-0.25, -0.2) is 4.98 Å². The number of nitrogens with one attached hydrogen (secondary N) is 2. The van der Waals surface area contributed by atoms with Crippen LogP contribution in [0.5, 0.6) is 5.75 Å². The maximum Gasteiger partial charge on any atom is 0.139 e. The Bertz CT molecular complexity index is 961. The van der Waals surface area contributed by atoms with E-state index in [1.165, 1.54) is 12.1 Å². The molecule has 2 N–H and O–H groups in total. The first-order chi connectivity index (χ1) is 14.3. The monoisotopic (exact) mass is 409 g/mol. The number of ether oxygens (including phenoxy) is 1. The normalized spacial score (nSPS) is 20.9. The van der Waals surface area contributed by atoms with Crippen molar-refractivity contribution in [3.05, 3.63) is 36.0 Å². The summed E-state index contributed by atoms with van der Waals surface area (Å²) in [6, 6.07) is 8.53. The van der Waals surface area contributed by atoms with Crippen LogP contribution in [0.25, 0.3) is 21.5 Å². The highest BCUT2D eigenvalue weighted by atomic mass is 32.1. The molecule has 0 aliphatic carbocycles. The summed E-state index contributed by atoms with van der Waals surface area (Å²) in [6.45, 7) is 8.39. The zero-order valence-electron chi connectivity index (χ0n) is 16.7. The lowest BCUT2D eigenvalue weighted by molar-refractivity contribution is 0.163. The van der Waals surface area contributed by atoms with Gasteiger partial charge in [0, 0.05) is 44.2 Å². The van der Waals surface area contributed by atoms with E-state index in [1.807, 2.05) is 11.7 Å². The molecule has 6 nitrogen and oxygen atoms in total. The molecule has 4 heterocycles. The van der Waals surface area contributed by atoms with Gasteiger partial charge in [0.15, 0.2) is 0 Å². The molecule has 2 aliphatic rings. The van der Waals surface area contributed by atoms with Crippen molar-refractivity contribution in [2.45, 2.75) is 19.4 Å². The Morgan fingerprint density at radius 2 is 2.03 bits per heavy atom. The van der Waals surface area contributed by atoms with E-state index in [0.717, 1.165) is 66.5 Å². The maximum atomic E-state index is 6.44. The number of anilines is 1. The van der Waals surface area contributed by atoms with E-state index in [2.05, 4.69) is 51.7 Å². The first-order valence-corrected chi connectivity index (χ1v) is 11.3. The van der Waals surface area contributed by atoms with Crippen LogP contribution in [0.15, 0.2) is 36.0 Å². The highest BCUT2D eigenvalue weighted by Gasteiger charge is 2.24. The molecule has 0 bridgehead atoms. The van der Waals surface area contributed by atoms with Gasteiger partial charge in [-0.15, -0.1) is 11.3 Å². The van der Waals surface area contributed by atoms with Crippen LogP contribution in [-0.4, -0.2) is 55.3 Å². The van der Waals surface area contributed by atoms with E-state index in [4.69, 9.17) is 9.72 Å². The first kappa shape index (κ1) is 18.8. The van der Waals surface area contributed by atoms with Crippen LogP contribution < -0.4 is 20.3 Å². The summed E-state index contributed by atoms with van der Waals surface area (Å²) in [6.07, 6.45) is 3.33. The minimum atomic E-state index is 0.175. The number of aromatic nitrogens is 2. The van der Waals surface area contributed by atoms with Crippen LogP contribution in [0.2, 0.25) is 0 Å². The van der Waals surface area contributed by atoms with Crippen molar-refractivity contribution in [1.29, 1.82) is 0 Å². The van der Waals surface area contributed by atoms with Gasteiger partial charge in [0.25, 0.3) is 0 Å². The maximum absolute atomic E-state index is 6.44. The Balaban J connectivity index is 1.42. The molecular weight excluding hydrogens is 382 g/mol. The van der Waals surface area contributed by atoms with Crippen LogP contribution >= 0.6 is 11.3 Å².